The molecule has 94 valence electrons. The molecule has 1 aromatic carbocycles. The van der Waals surface area contributed by atoms with E-state index in [4.69, 9.17) is 9.26 Å². The SMILES string of the molecule is COc1cc(C(=O)Nc2c(C)cccc2C)on1. The molecule has 0 unspecified atom stereocenters. The third-order valence-corrected chi connectivity index (χ3v) is 2.64. The number of carbonyl (C=O) groups excluding carboxylic acids is 1. The first-order valence-corrected chi connectivity index (χ1v) is 5.50. The van der Waals surface area contributed by atoms with Crippen LogP contribution in [0.15, 0.2) is 28.8 Å². The van der Waals surface area contributed by atoms with Gasteiger partial charge in [0.2, 0.25) is 5.76 Å². The topological polar surface area (TPSA) is 64.4 Å². The summed E-state index contributed by atoms with van der Waals surface area (Å²) in [6.07, 6.45) is 0. The summed E-state index contributed by atoms with van der Waals surface area (Å²) in [5.41, 5.74) is 2.78. The van der Waals surface area contributed by atoms with Crippen molar-refractivity contribution in [3.05, 3.63) is 41.2 Å². The highest BCUT2D eigenvalue weighted by atomic mass is 16.5. The van der Waals surface area contributed by atoms with Crippen LogP contribution in [-0.4, -0.2) is 18.2 Å². The molecule has 0 saturated heterocycles. The Kier molecular flexibility index (Phi) is 3.32. The molecule has 0 radical (unpaired) electrons. The molecule has 1 heterocycles. The Morgan fingerprint density at radius 1 is 1.33 bits per heavy atom. The Balaban J connectivity index is 2.21. The Bertz CT molecular complexity index is 555. The van der Waals surface area contributed by atoms with E-state index in [1.54, 1.807) is 0 Å². The monoisotopic (exact) mass is 246 g/mol. The highest BCUT2D eigenvalue weighted by molar-refractivity contribution is 6.03. The molecular weight excluding hydrogens is 232 g/mol. The van der Waals surface area contributed by atoms with Crippen molar-refractivity contribution in [1.29, 1.82) is 0 Å². The van der Waals surface area contributed by atoms with Gasteiger partial charge < -0.3 is 14.6 Å². The third kappa shape index (κ3) is 2.34. The summed E-state index contributed by atoms with van der Waals surface area (Å²) in [6.45, 7) is 3.87. The zero-order valence-electron chi connectivity index (χ0n) is 10.5. The fraction of sp³-hybridized carbons (Fsp3) is 0.231. The minimum atomic E-state index is -0.344. The second kappa shape index (κ2) is 4.91. The number of hydrogen-bond donors (Lipinski definition) is 1. The van der Waals surface area contributed by atoms with E-state index in [1.165, 1.54) is 13.2 Å². The van der Waals surface area contributed by atoms with E-state index in [-0.39, 0.29) is 17.5 Å². The average molecular weight is 246 g/mol. The number of anilines is 1. The van der Waals surface area contributed by atoms with Crippen LogP contribution in [0.4, 0.5) is 5.69 Å². The lowest BCUT2D eigenvalue weighted by Crippen LogP contribution is -2.12. The standard InChI is InChI=1S/C13H14N2O3/c1-8-5-4-6-9(2)12(8)14-13(16)10-7-11(17-3)15-18-10/h4-7H,1-3H3,(H,14,16). The van der Waals surface area contributed by atoms with E-state index < -0.39 is 0 Å². The van der Waals surface area contributed by atoms with Crippen molar-refractivity contribution in [2.24, 2.45) is 0 Å². The van der Waals surface area contributed by atoms with Gasteiger partial charge in [0.25, 0.3) is 11.8 Å². The molecule has 18 heavy (non-hydrogen) atoms. The Morgan fingerprint density at radius 3 is 2.56 bits per heavy atom. The molecule has 0 saturated carbocycles. The highest BCUT2D eigenvalue weighted by Crippen LogP contribution is 2.21. The van der Waals surface area contributed by atoms with Crippen LogP contribution < -0.4 is 10.1 Å². The lowest BCUT2D eigenvalue weighted by atomic mass is 10.1. The Morgan fingerprint density at radius 2 is 2.00 bits per heavy atom. The summed E-state index contributed by atoms with van der Waals surface area (Å²) >= 11 is 0. The average Bonchev–Trinajstić information content (AvgIpc) is 2.82. The number of aryl methyl sites for hydroxylation is 2. The summed E-state index contributed by atoms with van der Waals surface area (Å²) < 4.78 is 9.74. The van der Waals surface area contributed by atoms with Crippen molar-refractivity contribution in [2.75, 3.05) is 12.4 Å². The quantitative estimate of drug-likeness (QED) is 0.903. The lowest BCUT2D eigenvalue weighted by molar-refractivity contribution is 0.0987. The molecule has 2 rings (SSSR count). The van der Waals surface area contributed by atoms with Gasteiger partial charge in [0.05, 0.1) is 13.2 Å². The van der Waals surface area contributed by atoms with Crippen LogP contribution in [-0.2, 0) is 0 Å². The van der Waals surface area contributed by atoms with E-state index in [0.29, 0.717) is 0 Å². The zero-order chi connectivity index (χ0) is 13.1. The summed E-state index contributed by atoms with van der Waals surface area (Å²) in [5.74, 6) is 0.0550. The molecule has 0 bridgehead atoms. The summed E-state index contributed by atoms with van der Waals surface area (Å²) in [4.78, 5) is 11.9. The minimum Gasteiger partial charge on any atom is -0.479 e. The van der Waals surface area contributed by atoms with E-state index >= 15 is 0 Å². The number of para-hydroxylation sites is 1. The molecule has 0 spiro atoms. The van der Waals surface area contributed by atoms with Crippen LogP contribution in [0.2, 0.25) is 0 Å². The van der Waals surface area contributed by atoms with Gasteiger partial charge in [-0.2, -0.15) is 0 Å². The molecule has 0 aliphatic carbocycles. The maximum atomic E-state index is 11.9. The largest absolute Gasteiger partial charge is 0.479 e. The second-order valence-electron chi connectivity index (χ2n) is 3.95. The van der Waals surface area contributed by atoms with Crippen molar-refractivity contribution < 1.29 is 14.1 Å². The number of nitrogens with zero attached hydrogens (tertiary/aromatic N) is 1. The maximum absolute atomic E-state index is 11.9. The van der Waals surface area contributed by atoms with Crippen LogP contribution in [0, 0.1) is 13.8 Å². The lowest BCUT2D eigenvalue weighted by Gasteiger charge is -2.09. The van der Waals surface area contributed by atoms with E-state index in [9.17, 15) is 4.79 Å². The van der Waals surface area contributed by atoms with E-state index in [2.05, 4.69) is 10.5 Å². The number of amides is 1. The number of carbonyl (C=O) groups is 1. The molecule has 0 atom stereocenters. The predicted molar refractivity (Wildman–Crippen MR) is 66.9 cm³/mol. The molecule has 1 N–H and O–H groups in total. The Hall–Kier alpha value is -2.30. The molecule has 0 fully saturated rings. The van der Waals surface area contributed by atoms with E-state index in [1.807, 2.05) is 32.0 Å². The van der Waals surface area contributed by atoms with Crippen LogP contribution in [0.5, 0.6) is 5.88 Å². The molecule has 1 aromatic heterocycles. The molecule has 0 aliphatic heterocycles. The van der Waals surface area contributed by atoms with Crippen molar-refractivity contribution in [3.63, 3.8) is 0 Å². The number of benzene rings is 1. The fourth-order valence-corrected chi connectivity index (χ4v) is 1.65. The maximum Gasteiger partial charge on any atom is 0.294 e. The summed E-state index contributed by atoms with van der Waals surface area (Å²) in [5, 5.41) is 6.39. The van der Waals surface area contributed by atoms with Crippen molar-refractivity contribution in [1.82, 2.24) is 5.16 Å². The van der Waals surface area contributed by atoms with Crippen LogP contribution in [0.25, 0.3) is 0 Å². The van der Waals surface area contributed by atoms with Gasteiger partial charge in [-0.25, -0.2) is 0 Å². The molecule has 5 nitrogen and oxygen atoms in total. The predicted octanol–water partition coefficient (Wildman–Crippen LogP) is 2.55. The first-order chi connectivity index (χ1) is 8.61. The normalized spacial score (nSPS) is 10.2. The molecule has 2 aromatic rings. The first-order valence-electron chi connectivity index (χ1n) is 5.50. The van der Waals surface area contributed by atoms with Gasteiger partial charge in [0.1, 0.15) is 0 Å². The van der Waals surface area contributed by atoms with E-state index in [0.717, 1.165) is 16.8 Å². The number of methoxy groups -OCH3 is 1. The Labute approximate surface area is 105 Å². The molecule has 5 heteroatoms. The zero-order valence-corrected chi connectivity index (χ0v) is 10.5. The highest BCUT2D eigenvalue weighted by Gasteiger charge is 2.15. The van der Waals surface area contributed by atoms with Crippen LogP contribution in [0.1, 0.15) is 21.7 Å². The second-order valence-corrected chi connectivity index (χ2v) is 3.95. The number of ether oxygens (including phenoxy) is 1. The van der Waals surface area contributed by atoms with Gasteiger partial charge in [0.15, 0.2) is 0 Å². The third-order valence-electron chi connectivity index (χ3n) is 2.64. The smallest absolute Gasteiger partial charge is 0.294 e. The summed E-state index contributed by atoms with van der Waals surface area (Å²) in [7, 11) is 1.46. The van der Waals surface area contributed by atoms with Crippen molar-refractivity contribution in [3.8, 4) is 5.88 Å². The fourth-order valence-electron chi connectivity index (χ4n) is 1.65. The number of rotatable bonds is 3. The first kappa shape index (κ1) is 12.2. The minimum absolute atomic E-state index is 0.120. The van der Waals surface area contributed by atoms with Crippen molar-refractivity contribution in [2.45, 2.75) is 13.8 Å². The van der Waals surface area contributed by atoms with Gasteiger partial charge in [-0.05, 0) is 30.1 Å². The number of hydrogen-bond acceptors (Lipinski definition) is 4. The van der Waals surface area contributed by atoms with Crippen LogP contribution >= 0.6 is 0 Å². The molecule has 0 aliphatic rings. The van der Waals surface area contributed by atoms with Gasteiger partial charge in [-0.3, -0.25) is 4.79 Å². The van der Waals surface area contributed by atoms with Crippen LogP contribution in [0.3, 0.4) is 0 Å². The van der Waals surface area contributed by atoms with Gasteiger partial charge in [-0.1, -0.05) is 18.2 Å². The van der Waals surface area contributed by atoms with Gasteiger partial charge in [0, 0.05) is 5.69 Å². The summed E-state index contributed by atoms with van der Waals surface area (Å²) in [6, 6.07) is 7.26. The van der Waals surface area contributed by atoms with Gasteiger partial charge >= 0.3 is 0 Å². The van der Waals surface area contributed by atoms with Crippen molar-refractivity contribution >= 4 is 11.6 Å². The van der Waals surface area contributed by atoms with Gasteiger partial charge in [-0.15, -0.1) is 0 Å². The number of nitrogens with one attached hydrogen (secondary N) is 1. The molecular formula is C13H14N2O3. The number of aromatic nitrogens is 1. The molecule has 1 amide bonds.